The lowest BCUT2D eigenvalue weighted by Crippen LogP contribution is -1.94. The number of rotatable bonds is 3. The summed E-state index contributed by atoms with van der Waals surface area (Å²) < 4.78 is 2.42. The zero-order chi connectivity index (χ0) is 25.8. The Balaban J connectivity index is 1.35. The van der Waals surface area contributed by atoms with Gasteiger partial charge in [-0.05, 0) is 68.7 Å². The van der Waals surface area contributed by atoms with Crippen LogP contribution in [0.4, 0.5) is 0 Å². The highest BCUT2D eigenvalue weighted by Gasteiger charge is 2.17. The molecule has 1 aromatic heterocycles. The van der Waals surface area contributed by atoms with Gasteiger partial charge >= 0.3 is 0 Å². The van der Waals surface area contributed by atoms with Crippen molar-refractivity contribution in [1.29, 1.82) is 0 Å². The quantitative estimate of drug-likeness (QED) is 0.230. The van der Waals surface area contributed by atoms with E-state index in [2.05, 4.69) is 156 Å². The minimum Gasteiger partial charge on any atom is -0.309 e. The van der Waals surface area contributed by atoms with Crippen LogP contribution in [0, 0.1) is 0 Å². The van der Waals surface area contributed by atoms with Crippen molar-refractivity contribution in [2.24, 2.45) is 0 Å². The zero-order valence-corrected chi connectivity index (χ0v) is 21.4. The van der Waals surface area contributed by atoms with Gasteiger partial charge in [0.25, 0.3) is 0 Å². The fraction of sp³-hybridized carbons (Fsp3) is 0. The van der Waals surface area contributed by atoms with E-state index in [4.69, 9.17) is 0 Å². The van der Waals surface area contributed by atoms with Gasteiger partial charge in [0.15, 0.2) is 0 Å². The second-order valence-corrected chi connectivity index (χ2v) is 10.2. The molecule has 1 heterocycles. The molecule has 182 valence electrons. The van der Waals surface area contributed by atoms with E-state index in [1.165, 1.54) is 71.3 Å². The maximum Gasteiger partial charge on any atom is 0.0619 e. The van der Waals surface area contributed by atoms with Gasteiger partial charge in [-0.1, -0.05) is 121 Å². The van der Waals surface area contributed by atoms with Crippen LogP contribution >= 0.6 is 0 Å². The summed E-state index contributed by atoms with van der Waals surface area (Å²) in [5.74, 6) is 0. The molecule has 0 spiro atoms. The van der Waals surface area contributed by atoms with Crippen LogP contribution in [0.25, 0.3) is 71.3 Å². The van der Waals surface area contributed by atoms with Crippen LogP contribution in [0.2, 0.25) is 0 Å². The highest BCUT2D eigenvalue weighted by atomic mass is 15.0. The molecule has 0 bridgehead atoms. The summed E-state index contributed by atoms with van der Waals surface area (Å²) in [5.41, 5.74) is 8.64. The fourth-order valence-corrected chi connectivity index (χ4v) is 6.12. The monoisotopic (exact) mass is 495 g/mol. The summed E-state index contributed by atoms with van der Waals surface area (Å²) >= 11 is 0. The Bertz CT molecular complexity index is 2150. The number of hydrogen-bond donors (Lipinski definition) is 0. The second kappa shape index (κ2) is 8.72. The van der Waals surface area contributed by atoms with Crippen LogP contribution in [-0.4, -0.2) is 4.57 Å². The van der Waals surface area contributed by atoms with Crippen molar-refractivity contribution in [3.8, 4) is 27.9 Å². The molecule has 0 aliphatic carbocycles. The number of nitrogens with zero attached hydrogens (tertiary/aromatic N) is 1. The van der Waals surface area contributed by atoms with E-state index in [-0.39, 0.29) is 0 Å². The Morgan fingerprint density at radius 3 is 1.79 bits per heavy atom. The minimum absolute atomic E-state index is 1.18. The number of aromatic nitrogens is 1. The van der Waals surface area contributed by atoms with E-state index >= 15 is 0 Å². The van der Waals surface area contributed by atoms with Crippen molar-refractivity contribution < 1.29 is 0 Å². The summed E-state index contributed by atoms with van der Waals surface area (Å²) in [4.78, 5) is 0. The molecule has 7 aromatic carbocycles. The van der Waals surface area contributed by atoms with Gasteiger partial charge in [0.1, 0.15) is 0 Å². The van der Waals surface area contributed by atoms with Crippen LogP contribution in [0.1, 0.15) is 0 Å². The lowest BCUT2D eigenvalue weighted by atomic mass is 9.93. The molecule has 0 amide bonds. The van der Waals surface area contributed by atoms with Crippen molar-refractivity contribution >= 4 is 43.4 Å². The first-order valence-electron chi connectivity index (χ1n) is 13.5. The van der Waals surface area contributed by atoms with Crippen LogP contribution in [-0.2, 0) is 0 Å². The van der Waals surface area contributed by atoms with Gasteiger partial charge in [-0.2, -0.15) is 0 Å². The van der Waals surface area contributed by atoms with E-state index in [0.717, 1.165) is 0 Å². The van der Waals surface area contributed by atoms with Crippen LogP contribution in [0.5, 0.6) is 0 Å². The van der Waals surface area contributed by atoms with Crippen LogP contribution in [0.15, 0.2) is 152 Å². The van der Waals surface area contributed by atoms with Crippen molar-refractivity contribution in [1.82, 2.24) is 4.57 Å². The smallest absolute Gasteiger partial charge is 0.0619 e. The summed E-state index contributed by atoms with van der Waals surface area (Å²) in [6.07, 6.45) is 0. The number of para-hydroxylation sites is 2. The van der Waals surface area contributed by atoms with E-state index < -0.39 is 0 Å². The van der Waals surface area contributed by atoms with Gasteiger partial charge in [0.2, 0.25) is 0 Å². The number of hydrogen-bond acceptors (Lipinski definition) is 0. The molecule has 0 radical (unpaired) electrons. The maximum atomic E-state index is 2.42. The Labute approximate surface area is 227 Å². The molecule has 0 N–H and O–H groups in total. The molecule has 1 heteroatoms. The first-order chi connectivity index (χ1) is 19.3. The Morgan fingerprint density at radius 1 is 0.359 bits per heavy atom. The third-order valence-corrected chi connectivity index (χ3v) is 7.97. The molecule has 0 atom stereocenters. The molecular formula is C38H25N. The number of fused-ring (bicyclic) bond motifs is 6. The SMILES string of the molecule is c1ccc(-n2c3ccccc3c3cc(-c4ccc(-c5ccc6ccccc6c5)cc4)c4ccccc4c32)cc1. The van der Waals surface area contributed by atoms with Crippen molar-refractivity contribution in [3.63, 3.8) is 0 Å². The Hall–Kier alpha value is -5.14. The van der Waals surface area contributed by atoms with E-state index in [1.807, 2.05) is 0 Å². The summed E-state index contributed by atoms with van der Waals surface area (Å²) in [6.45, 7) is 0. The normalized spacial score (nSPS) is 11.6. The molecule has 39 heavy (non-hydrogen) atoms. The molecule has 8 aromatic rings. The predicted octanol–water partition coefficient (Wildman–Crippen LogP) is 10.4. The van der Waals surface area contributed by atoms with Crippen LogP contribution < -0.4 is 0 Å². The van der Waals surface area contributed by atoms with Gasteiger partial charge in [-0.15, -0.1) is 0 Å². The van der Waals surface area contributed by atoms with Crippen LogP contribution in [0.3, 0.4) is 0 Å². The fourth-order valence-electron chi connectivity index (χ4n) is 6.12. The Kier molecular flexibility index (Phi) is 4.89. The largest absolute Gasteiger partial charge is 0.309 e. The third kappa shape index (κ3) is 3.48. The predicted molar refractivity (Wildman–Crippen MR) is 167 cm³/mol. The van der Waals surface area contributed by atoms with Gasteiger partial charge in [-0.25, -0.2) is 0 Å². The topological polar surface area (TPSA) is 4.93 Å². The minimum atomic E-state index is 1.18. The zero-order valence-electron chi connectivity index (χ0n) is 21.4. The lowest BCUT2D eigenvalue weighted by molar-refractivity contribution is 1.19. The first kappa shape index (κ1) is 21.9. The van der Waals surface area contributed by atoms with E-state index in [1.54, 1.807) is 0 Å². The number of benzene rings is 7. The average Bonchev–Trinajstić information content (AvgIpc) is 3.35. The van der Waals surface area contributed by atoms with Gasteiger partial charge in [-0.3, -0.25) is 0 Å². The van der Waals surface area contributed by atoms with Gasteiger partial charge < -0.3 is 4.57 Å². The van der Waals surface area contributed by atoms with Crippen molar-refractivity contribution in [2.45, 2.75) is 0 Å². The lowest BCUT2D eigenvalue weighted by Gasteiger charge is -2.13. The molecule has 0 aliphatic rings. The highest BCUT2D eigenvalue weighted by Crippen LogP contribution is 2.41. The molecule has 0 fully saturated rings. The van der Waals surface area contributed by atoms with E-state index in [0.29, 0.717) is 0 Å². The molecule has 0 unspecified atom stereocenters. The first-order valence-corrected chi connectivity index (χ1v) is 13.5. The molecule has 0 saturated heterocycles. The summed E-state index contributed by atoms with van der Waals surface area (Å²) in [7, 11) is 0. The van der Waals surface area contributed by atoms with Gasteiger partial charge in [0.05, 0.1) is 11.0 Å². The van der Waals surface area contributed by atoms with Crippen molar-refractivity contribution in [3.05, 3.63) is 152 Å². The summed E-state index contributed by atoms with van der Waals surface area (Å²) in [5, 5.41) is 7.63. The standard InChI is InChI=1S/C38H25N/c1-2-12-31(13-3-1)39-37-17-9-8-15-33(37)36-25-35(32-14-6-7-16-34(32)38(36)39)28-21-18-27(19-22-28)30-23-20-26-10-4-5-11-29(26)24-30/h1-25H. The molecule has 0 saturated carbocycles. The maximum absolute atomic E-state index is 2.42. The van der Waals surface area contributed by atoms with E-state index in [9.17, 15) is 0 Å². The van der Waals surface area contributed by atoms with Gasteiger partial charge in [0, 0.05) is 21.8 Å². The van der Waals surface area contributed by atoms with Crippen molar-refractivity contribution in [2.75, 3.05) is 0 Å². The molecule has 1 nitrogen and oxygen atoms in total. The molecule has 0 aliphatic heterocycles. The molecular weight excluding hydrogens is 470 g/mol. The highest BCUT2D eigenvalue weighted by molar-refractivity contribution is 6.22. The summed E-state index contributed by atoms with van der Waals surface area (Å²) in [6, 6.07) is 55.0. The second-order valence-electron chi connectivity index (χ2n) is 10.2. The Morgan fingerprint density at radius 2 is 0.974 bits per heavy atom. The third-order valence-electron chi connectivity index (χ3n) is 7.97. The molecule has 8 rings (SSSR count). The average molecular weight is 496 g/mol.